The highest BCUT2D eigenvalue weighted by Crippen LogP contribution is 2.28. The van der Waals surface area contributed by atoms with Crippen molar-refractivity contribution in [1.82, 2.24) is 14.9 Å². The molecule has 0 spiro atoms. The number of hydrazone groups is 1. The lowest BCUT2D eigenvalue weighted by molar-refractivity contribution is 0.0735. The molecule has 0 aliphatic heterocycles. The zero-order valence-corrected chi connectivity index (χ0v) is 13.9. The van der Waals surface area contributed by atoms with Crippen LogP contribution in [0.25, 0.3) is 0 Å². The molecule has 0 bridgehead atoms. The molecule has 25 heavy (non-hydrogen) atoms. The summed E-state index contributed by atoms with van der Waals surface area (Å²) in [5.41, 5.74) is 3.38. The van der Waals surface area contributed by atoms with Gasteiger partial charge in [0.25, 0.3) is 5.95 Å². The lowest BCUT2D eigenvalue weighted by Gasteiger charge is -2.09. The van der Waals surface area contributed by atoms with Crippen molar-refractivity contribution in [2.24, 2.45) is 5.10 Å². The maximum absolute atomic E-state index is 12.0. The van der Waals surface area contributed by atoms with Crippen LogP contribution in [-0.4, -0.2) is 34.2 Å². The molecule has 128 valence electrons. The van der Waals surface area contributed by atoms with Crippen molar-refractivity contribution in [2.75, 3.05) is 18.4 Å². The van der Waals surface area contributed by atoms with Crippen LogP contribution in [0.2, 0.25) is 0 Å². The van der Waals surface area contributed by atoms with Crippen LogP contribution in [0.3, 0.4) is 0 Å². The Morgan fingerprint density at radius 1 is 1.40 bits per heavy atom. The van der Waals surface area contributed by atoms with E-state index in [0.29, 0.717) is 22.3 Å². The van der Waals surface area contributed by atoms with Gasteiger partial charge in [-0.3, -0.25) is 0 Å². The number of methoxy groups -OCH3 is 1. The summed E-state index contributed by atoms with van der Waals surface area (Å²) >= 11 is 1.31. The molecule has 0 aliphatic rings. The van der Waals surface area contributed by atoms with Gasteiger partial charge in [-0.2, -0.15) is 5.10 Å². The molecule has 3 N–H and O–H groups in total. The Morgan fingerprint density at radius 2 is 2.28 bits per heavy atom. The summed E-state index contributed by atoms with van der Waals surface area (Å²) in [6.45, 7) is 0. The van der Waals surface area contributed by atoms with Crippen molar-refractivity contribution in [3.05, 3.63) is 52.5 Å². The number of nitrogens with two attached hydrogens (primary N) is 1. The lowest BCUT2D eigenvalue weighted by atomic mass is 10.2. The number of aromatic nitrogens is 3. The fraction of sp³-hybridized carbons (Fsp3) is 0.0667. The summed E-state index contributed by atoms with van der Waals surface area (Å²) in [5.74, 6) is 6.16. The molecule has 9 nitrogen and oxygen atoms in total. The number of thiophene rings is 1. The normalized spacial score (nSPS) is 10.8. The zero-order valence-electron chi connectivity index (χ0n) is 13.1. The minimum atomic E-state index is -0.432. The topological polar surface area (TPSA) is 117 Å². The first kappa shape index (κ1) is 16.5. The number of nitrogen functional groups attached to an aromatic ring is 1. The predicted molar refractivity (Wildman–Crippen MR) is 93.7 cm³/mol. The highest BCUT2D eigenvalue weighted by atomic mass is 32.1. The van der Waals surface area contributed by atoms with E-state index in [-0.39, 0.29) is 0 Å². The standard InChI is InChI=1S/C15H14N6O3S/c1-23-12-7-10(8-17-19-15-20-18-9-21(15)16)4-5-11(12)24-14(22)13-3-2-6-25-13/h2-9H,16H2,1H3,(H,19,20). The van der Waals surface area contributed by atoms with E-state index >= 15 is 0 Å². The molecule has 0 atom stereocenters. The zero-order chi connectivity index (χ0) is 17.6. The average Bonchev–Trinajstić information content (AvgIpc) is 3.28. The van der Waals surface area contributed by atoms with Gasteiger partial charge in [-0.25, -0.2) is 14.9 Å². The van der Waals surface area contributed by atoms with Crippen LogP contribution in [0.4, 0.5) is 5.95 Å². The van der Waals surface area contributed by atoms with Gasteiger partial charge in [-0.1, -0.05) is 6.07 Å². The van der Waals surface area contributed by atoms with E-state index in [4.69, 9.17) is 15.3 Å². The second kappa shape index (κ2) is 7.45. The molecule has 10 heteroatoms. The summed E-state index contributed by atoms with van der Waals surface area (Å²) in [7, 11) is 1.49. The van der Waals surface area contributed by atoms with Crippen molar-refractivity contribution in [3.63, 3.8) is 0 Å². The van der Waals surface area contributed by atoms with Gasteiger partial charge >= 0.3 is 5.97 Å². The van der Waals surface area contributed by atoms with Crippen LogP contribution < -0.4 is 20.7 Å². The first-order valence-corrected chi connectivity index (χ1v) is 7.93. The third-order valence-corrected chi connectivity index (χ3v) is 3.91. The first-order chi connectivity index (χ1) is 12.2. The maximum atomic E-state index is 12.0. The minimum Gasteiger partial charge on any atom is -0.493 e. The van der Waals surface area contributed by atoms with Crippen LogP contribution >= 0.6 is 11.3 Å². The molecule has 0 amide bonds. The Bertz CT molecular complexity index is 891. The monoisotopic (exact) mass is 358 g/mol. The van der Waals surface area contributed by atoms with Crippen molar-refractivity contribution in [3.8, 4) is 11.5 Å². The molecular formula is C15H14N6O3S. The number of carbonyl (C=O) groups is 1. The van der Waals surface area contributed by atoms with Crippen LogP contribution in [-0.2, 0) is 0 Å². The predicted octanol–water partition coefficient (Wildman–Crippen LogP) is 1.73. The molecule has 3 rings (SSSR count). The van der Waals surface area contributed by atoms with E-state index in [0.717, 1.165) is 5.56 Å². The van der Waals surface area contributed by atoms with Crippen molar-refractivity contribution >= 4 is 29.5 Å². The van der Waals surface area contributed by atoms with Crippen molar-refractivity contribution in [2.45, 2.75) is 0 Å². The molecule has 0 aliphatic carbocycles. The Labute approximate surface area is 146 Å². The number of nitrogens with zero attached hydrogens (tertiary/aromatic N) is 4. The van der Waals surface area contributed by atoms with Crippen LogP contribution in [0.1, 0.15) is 15.2 Å². The van der Waals surface area contributed by atoms with Gasteiger partial charge in [-0.05, 0) is 35.2 Å². The van der Waals surface area contributed by atoms with Gasteiger partial charge < -0.3 is 15.3 Å². The third kappa shape index (κ3) is 3.93. The quantitative estimate of drug-likeness (QED) is 0.226. The summed E-state index contributed by atoms with van der Waals surface area (Å²) in [6.07, 6.45) is 2.89. The second-order valence-corrected chi connectivity index (χ2v) is 5.66. The number of benzene rings is 1. The van der Waals surface area contributed by atoms with Gasteiger partial charge in [0.15, 0.2) is 11.5 Å². The lowest BCUT2D eigenvalue weighted by Crippen LogP contribution is -2.10. The molecular weight excluding hydrogens is 344 g/mol. The highest BCUT2D eigenvalue weighted by Gasteiger charge is 2.13. The Balaban J connectivity index is 1.71. The van der Waals surface area contributed by atoms with E-state index in [9.17, 15) is 4.79 Å². The van der Waals surface area contributed by atoms with E-state index < -0.39 is 5.97 Å². The first-order valence-electron chi connectivity index (χ1n) is 7.05. The summed E-state index contributed by atoms with van der Waals surface area (Å²) in [6, 6.07) is 8.54. The summed E-state index contributed by atoms with van der Waals surface area (Å²) in [4.78, 5) is 12.5. The largest absolute Gasteiger partial charge is 0.493 e. The number of hydrogen-bond acceptors (Lipinski definition) is 9. The molecule has 1 aromatic carbocycles. The Morgan fingerprint density at radius 3 is 2.96 bits per heavy atom. The number of esters is 1. The fourth-order valence-corrected chi connectivity index (χ4v) is 2.48. The number of nitrogens with one attached hydrogen (secondary N) is 1. The van der Waals surface area contributed by atoms with Gasteiger partial charge in [0.2, 0.25) is 0 Å². The smallest absolute Gasteiger partial charge is 0.353 e. The number of ether oxygens (including phenoxy) is 2. The van der Waals surface area contributed by atoms with E-state index in [2.05, 4.69) is 20.7 Å². The van der Waals surface area contributed by atoms with Crippen LogP contribution in [0.15, 0.2) is 47.1 Å². The van der Waals surface area contributed by atoms with Crippen LogP contribution in [0, 0.1) is 0 Å². The van der Waals surface area contributed by atoms with E-state index in [1.165, 1.54) is 29.5 Å². The van der Waals surface area contributed by atoms with E-state index in [1.54, 1.807) is 36.5 Å². The number of hydrogen-bond donors (Lipinski definition) is 2. The SMILES string of the molecule is COc1cc(C=NNc2nncn2N)ccc1OC(=O)c1cccs1. The summed E-state index contributed by atoms with van der Waals surface area (Å²) in [5, 5.41) is 13.2. The molecule has 2 aromatic heterocycles. The molecule has 0 saturated carbocycles. The van der Waals surface area contributed by atoms with Crippen molar-refractivity contribution < 1.29 is 14.3 Å². The van der Waals surface area contributed by atoms with Gasteiger partial charge in [0, 0.05) is 0 Å². The fourth-order valence-electron chi connectivity index (χ4n) is 1.88. The van der Waals surface area contributed by atoms with Gasteiger partial charge in [0.05, 0.1) is 13.3 Å². The maximum Gasteiger partial charge on any atom is 0.353 e. The Kier molecular flexibility index (Phi) is 4.90. The molecule has 3 aromatic rings. The van der Waals surface area contributed by atoms with Gasteiger partial charge in [0.1, 0.15) is 11.2 Å². The molecule has 0 saturated heterocycles. The summed E-state index contributed by atoms with van der Waals surface area (Å²) < 4.78 is 11.8. The molecule has 0 radical (unpaired) electrons. The van der Waals surface area contributed by atoms with E-state index in [1.807, 2.05) is 5.38 Å². The Hall–Kier alpha value is -3.40. The highest BCUT2D eigenvalue weighted by molar-refractivity contribution is 7.12. The number of rotatable bonds is 6. The van der Waals surface area contributed by atoms with Gasteiger partial charge in [-0.15, -0.1) is 21.5 Å². The van der Waals surface area contributed by atoms with Crippen molar-refractivity contribution in [1.29, 1.82) is 0 Å². The van der Waals surface area contributed by atoms with Crippen LogP contribution in [0.5, 0.6) is 11.5 Å². The second-order valence-electron chi connectivity index (χ2n) is 4.71. The molecule has 0 fully saturated rings. The third-order valence-electron chi connectivity index (χ3n) is 3.06. The number of anilines is 1. The molecule has 0 unspecified atom stereocenters. The average molecular weight is 358 g/mol. The molecule has 2 heterocycles. The minimum absolute atomic E-state index is 0.296. The number of carbonyl (C=O) groups excluding carboxylic acids is 1.